The summed E-state index contributed by atoms with van der Waals surface area (Å²) >= 11 is 0. The van der Waals surface area contributed by atoms with E-state index in [1.807, 2.05) is 0 Å². The maximum absolute atomic E-state index is 12.1. The van der Waals surface area contributed by atoms with Gasteiger partial charge in [0.2, 0.25) is 5.91 Å². The largest absolute Gasteiger partial charge is 0.384 e. The van der Waals surface area contributed by atoms with E-state index in [-0.39, 0.29) is 11.4 Å². The number of rotatable bonds is 3. The molecule has 4 heteroatoms. The van der Waals surface area contributed by atoms with Crippen molar-refractivity contribution in [3.05, 3.63) is 0 Å². The zero-order valence-electron chi connectivity index (χ0n) is 10.5. The fraction of sp³-hybridized carbons (Fsp3) is 0.917. The summed E-state index contributed by atoms with van der Waals surface area (Å²) in [5.74, 6) is 1.49. The Labute approximate surface area is 97.3 Å². The van der Waals surface area contributed by atoms with Gasteiger partial charge in [-0.05, 0) is 25.7 Å². The molecular formula is C12H22N2O2. The number of carbonyl (C=O) groups is 1. The highest BCUT2D eigenvalue weighted by molar-refractivity contribution is 5.77. The molecule has 0 aliphatic carbocycles. The quantitative estimate of drug-likeness (QED) is 0.761. The van der Waals surface area contributed by atoms with Crippen LogP contribution in [0.3, 0.4) is 0 Å². The summed E-state index contributed by atoms with van der Waals surface area (Å²) in [4.78, 5) is 14.1. The van der Waals surface area contributed by atoms with Crippen LogP contribution >= 0.6 is 0 Å². The van der Waals surface area contributed by atoms with Crippen molar-refractivity contribution in [1.29, 1.82) is 0 Å². The second kappa shape index (κ2) is 4.34. The summed E-state index contributed by atoms with van der Waals surface area (Å²) in [6.07, 6.45) is 0.507. The van der Waals surface area contributed by atoms with Crippen molar-refractivity contribution in [2.24, 2.45) is 11.8 Å². The molecule has 2 heterocycles. The molecule has 0 aromatic rings. The Hall–Kier alpha value is -0.610. The molecular weight excluding hydrogens is 204 g/mol. The van der Waals surface area contributed by atoms with E-state index in [4.69, 9.17) is 4.74 Å². The highest BCUT2D eigenvalue weighted by Crippen LogP contribution is 2.40. The van der Waals surface area contributed by atoms with Crippen LogP contribution in [0.15, 0.2) is 0 Å². The van der Waals surface area contributed by atoms with Crippen molar-refractivity contribution in [1.82, 2.24) is 10.2 Å². The maximum Gasteiger partial charge on any atom is 0.225 e. The van der Waals surface area contributed by atoms with Gasteiger partial charge in [-0.25, -0.2) is 0 Å². The van der Waals surface area contributed by atoms with Crippen molar-refractivity contribution < 1.29 is 9.53 Å². The van der Waals surface area contributed by atoms with Gasteiger partial charge in [0.1, 0.15) is 0 Å². The molecule has 2 aliphatic heterocycles. The molecule has 1 amide bonds. The van der Waals surface area contributed by atoms with Crippen molar-refractivity contribution in [2.45, 2.75) is 25.8 Å². The van der Waals surface area contributed by atoms with E-state index in [2.05, 4.69) is 24.1 Å². The van der Waals surface area contributed by atoms with Crippen LogP contribution < -0.4 is 5.32 Å². The summed E-state index contributed by atoms with van der Waals surface area (Å²) in [5, 5.41) is 3.42. The third kappa shape index (κ3) is 1.84. The second-order valence-electron chi connectivity index (χ2n) is 5.43. The molecule has 1 N–H and O–H groups in total. The van der Waals surface area contributed by atoms with Gasteiger partial charge in [0.15, 0.2) is 0 Å². The lowest BCUT2D eigenvalue weighted by Crippen LogP contribution is -2.47. The summed E-state index contributed by atoms with van der Waals surface area (Å²) in [6.45, 7) is 7.92. The van der Waals surface area contributed by atoms with Gasteiger partial charge in [-0.2, -0.15) is 0 Å². The Morgan fingerprint density at radius 1 is 1.50 bits per heavy atom. The summed E-state index contributed by atoms with van der Waals surface area (Å²) in [7, 11) is 1.64. The van der Waals surface area contributed by atoms with Gasteiger partial charge >= 0.3 is 0 Å². The first-order valence-electron chi connectivity index (χ1n) is 6.07. The van der Waals surface area contributed by atoms with Crippen LogP contribution in [0.2, 0.25) is 0 Å². The Kier molecular flexibility index (Phi) is 3.22. The van der Waals surface area contributed by atoms with E-state index in [1.54, 1.807) is 7.11 Å². The maximum atomic E-state index is 12.1. The van der Waals surface area contributed by atoms with Crippen LogP contribution in [-0.2, 0) is 9.53 Å². The van der Waals surface area contributed by atoms with Gasteiger partial charge in [-0.1, -0.05) is 0 Å². The van der Waals surface area contributed by atoms with Gasteiger partial charge in [-0.3, -0.25) is 4.79 Å². The Morgan fingerprint density at radius 2 is 2.25 bits per heavy atom. The third-order valence-electron chi connectivity index (χ3n) is 4.18. The minimum absolute atomic E-state index is 0.00100. The number of ether oxygens (including phenoxy) is 1. The van der Waals surface area contributed by atoms with Crippen molar-refractivity contribution in [3.63, 3.8) is 0 Å². The number of methoxy groups -OCH3 is 1. The minimum Gasteiger partial charge on any atom is -0.384 e. The van der Waals surface area contributed by atoms with Crippen LogP contribution in [0.25, 0.3) is 0 Å². The predicted molar refractivity (Wildman–Crippen MR) is 62.1 cm³/mol. The SMILES string of the molecule is COCCC(=O)N1CC2CNCC2C1(C)C. The summed E-state index contributed by atoms with van der Waals surface area (Å²) in [5.41, 5.74) is -0.00100. The highest BCUT2D eigenvalue weighted by atomic mass is 16.5. The smallest absolute Gasteiger partial charge is 0.225 e. The first-order valence-corrected chi connectivity index (χ1v) is 6.07. The van der Waals surface area contributed by atoms with Gasteiger partial charge in [0, 0.05) is 32.3 Å². The van der Waals surface area contributed by atoms with Crippen molar-refractivity contribution >= 4 is 5.91 Å². The highest BCUT2D eigenvalue weighted by Gasteiger charge is 2.50. The van der Waals surface area contributed by atoms with E-state index in [1.165, 1.54) is 0 Å². The number of hydrogen-bond donors (Lipinski definition) is 1. The number of hydrogen-bond acceptors (Lipinski definition) is 3. The van der Waals surface area contributed by atoms with Gasteiger partial charge in [0.25, 0.3) is 0 Å². The molecule has 0 saturated carbocycles. The van der Waals surface area contributed by atoms with Crippen LogP contribution in [0.4, 0.5) is 0 Å². The fourth-order valence-electron chi connectivity index (χ4n) is 3.17. The average molecular weight is 226 g/mol. The topological polar surface area (TPSA) is 41.6 Å². The number of carbonyl (C=O) groups excluding carboxylic acids is 1. The number of nitrogens with one attached hydrogen (secondary N) is 1. The van der Waals surface area contributed by atoms with E-state index >= 15 is 0 Å². The molecule has 16 heavy (non-hydrogen) atoms. The van der Waals surface area contributed by atoms with E-state index in [0.717, 1.165) is 19.6 Å². The molecule has 0 bridgehead atoms. The standard InChI is InChI=1S/C12H22N2O2/c1-12(2)10-7-13-6-9(10)8-14(12)11(15)4-5-16-3/h9-10,13H,4-8H2,1-3H3. The molecule has 0 aromatic heterocycles. The lowest BCUT2D eigenvalue weighted by molar-refractivity contribution is -0.136. The first kappa shape index (κ1) is 11.9. The average Bonchev–Trinajstić information content (AvgIpc) is 2.78. The molecule has 92 valence electrons. The first-order chi connectivity index (χ1) is 7.57. The Bertz CT molecular complexity index is 278. The molecule has 2 saturated heterocycles. The minimum atomic E-state index is -0.00100. The van der Waals surface area contributed by atoms with E-state index in [0.29, 0.717) is 24.9 Å². The Balaban J connectivity index is 2.03. The summed E-state index contributed by atoms with van der Waals surface area (Å²) in [6, 6.07) is 0. The van der Waals surface area contributed by atoms with Crippen molar-refractivity contribution in [3.8, 4) is 0 Å². The molecule has 2 atom stereocenters. The van der Waals surface area contributed by atoms with E-state index < -0.39 is 0 Å². The number of likely N-dealkylation sites (tertiary alicyclic amines) is 1. The lowest BCUT2D eigenvalue weighted by Gasteiger charge is -2.35. The number of amides is 1. The molecule has 2 unspecified atom stereocenters. The molecule has 2 rings (SSSR count). The number of fused-ring (bicyclic) bond motifs is 1. The molecule has 2 aliphatic rings. The molecule has 0 radical (unpaired) electrons. The van der Waals surface area contributed by atoms with E-state index in [9.17, 15) is 4.79 Å². The summed E-state index contributed by atoms with van der Waals surface area (Å²) < 4.78 is 4.97. The van der Waals surface area contributed by atoms with Crippen LogP contribution in [-0.4, -0.2) is 49.7 Å². The molecule has 0 spiro atoms. The van der Waals surface area contributed by atoms with Gasteiger partial charge in [-0.15, -0.1) is 0 Å². The molecule has 4 nitrogen and oxygen atoms in total. The van der Waals surface area contributed by atoms with Crippen LogP contribution in [0.5, 0.6) is 0 Å². The molecule has 0 aromatic carbocycles. The normalized spacial score (nSPS) is 31.8. The van der Waals surface area contributed by atoms with Crippen LogP contribution in [0.1, 0.15) is 20.3 Å². The second-order valence-corrected chi connectivity index (χ2v) is 5.43. The van der Waals surface area contributed by atoms with Gasteiger partial charge < -0.3 is 15.0 Å². The molecule has 2 fully saturated rings. The lowest BCUT2D eigenvalue weighted by atomic mass is 9.85. The fourth-order valence-corrected chi connectivity index (χ4v) is 3.17. The monoisotopic (exact) mass is 226 g/mol. The number of nitrogens with zero attached hydrogens (tertiary/aromatic N) is 1. The van der Waals surface area contributed by atoms with Crippen molar-refractivity contribution in [2.75, 3.05) is 33.4 Å². The predicted octanol–water partition coefficient (Wildman–Crippen LogP) is 0.479. The van der Waals surface area contributed by atoms with Crippen LogP contribution in [0, 0.1) is 11.8 Å². The third-order valence-corrected chi connectivity index (χ3v) is 4.18. The zero-order valence-corrected chi connectivity index (χ0v) is 10.5. The Morgan fingerprint density at radius 3 is 2.88 bits per heavy atom. The zero-order chi connectivity index (χ0) is 11.8. The van der Waals surface area contributed by atoms with Gasteiger partial charge in [0.05, 0.1) is 13.0 Å².